The summed E-state index contributed by atoms with van der Waals surface area (Å²) in [4.78, 5) is 11.5. The lowest BCUT2D eigenvalue weighted by atomic mass is 9.46. The third-order valence-corrected chi connectivity index (χ3v) is 8.38. The number of rotatable bonds is 1. The van der Waals surface area contributed by atoms with Crippen molar-refractivity contribution in [3.05, 3.63) is 12.2 Å². The van der Waals surface area contributed by atoms with Gasteiger partial charge in [-0.3, -0.25) is 4.79 Å². The maximum Gasteiger partial charge on any atom is 0.302 e. The molecule has 0 N–H and O–H groups in total. The van der Waals surface area contributed by atoms with E-state index in [0.29, 0.717) is 5.41 Å². The van der Waals surface area contributed by atoms with Crippen LogP contribution in [0.2, 0.25) is 0 Å². The highest BCUT2D eigenvalue weighted by Crippen LogP contribution is 2.65. The predicted molar refractivity (Wildman–Crippen MR) is 91.8 cm³/mol. The molecule has 3 saturated carbocycles. The van der Waals surface area contributed by atoms with Crippen molar-refractivity contribution in [2.45, 2.75) is 78.2 Å². The van der Waals surface area contributed by atoms with Crippen molar-refractivity contribution < 1.29 is 9.53 Å². The third kappa shape index (κ3) is 2.23. The molecule has 0 amide bonds. The average molecular weight is 316 g/mol. The van der Waals surface area contributed by atoms with Gasteiger partial charge in [0.25, 0.3) is 0 Å². The Labute approximate surface area is 141 Å². The largest absolute Gasteiger partial charge is 0.462 e. The van der Waals surface area contributed by atoms with Crippen LogP contribution in [0.15, 0.2) is 12.2 Å². The van der Waals surface area contributed by atoms with E-state index in [0.717, 1.165) is 30.1 Å². The number of ether oxygens (including phenoxy) is 1. The van der Waals surface area contributed by atoms with Crippen LogP contribution in [-0.4, -0.2) is 12.1 Å². The first-order chi connectivity index (χ1) is 10.9. The van der Waals surface area contributed by atoms with Gasteiger partial charge < -0.3 is 4.74 Å². The van der Waals surface area contributed by atoms with Crippen LogP contribution in [-0.2, 0) is 9.53 Å². The number of esters is 1. The first kappa shape index (κ1) is 15.7. The molecule has 0 aromatic carbocycles. The second-order valence-electron chi connectivity index (χ2n) is 9.25. The predicted octanol–water partition coefficient (Wildman–Crippen LogP) is 5.13. The minimum Gasteiger partial charge on any atom is -0.462 e. The number of hydrogen-bond acceptors (Lipinski definition) is 2. The summed E-state index contributed by atoms with van der Waals surface area (Å²) < 4.78 is 5.75. The van der Waals surface area contributed by atoms with E-state index in [1.165, 1.54) is 44.9 Å². The van der Waals surface area contributed by atoms with Crippen molar-refractivity contribution in [1.29, 1.82) is 0 Å². The molecule has 0 bridgehead atoms. The molecule has 2 heteroatoms. The fraction of sp³-hybridized carbons (Fsp3) is 0.857. The third-order valence-electron chi connectivity index (χ3n) is 8.38. The molecule has 4 rings (SSSR count). The lowest BCUT2D eigenvalue weighted by molar-refractivity contribution is -0.159. The molecule has 0 unspecified atom stereocenters. The molecule has 7 atom stereocenters. The first-order valence-electron chi connectivity index (χ1n) is 9.79. The zero-order valence-electron chi connectivity index (χ0n) is 15.0. The molecule has 0 spiro atoms. The number of carbonyl (C=O) groups excluding carboxylic acids is 1. The molecule has 4 aliphatic rings. The molecule has 0 radical (unpaired) electrons. The van der Waals surface area contributed by atoms with Crippen molar-refractivity contribution in [2.75, 3.05) is 0 Å². The molecule has 4 aliphatic carbocycles. The molecule has 3 fully saturated rings. The van der Waals surface area contributed by atoms with Gasteiger partial charge in [-0.05, 0) is 80.5 Å². The number of allylic oxidation sites excluding steroid dienone is 2. The molecular formula is C21H32O2. The first-order valence-corrected chi connectivity index (χ1v) is 9.79. The van der Waals surface area contributed by atoms with Gasteiger partial charge in [-0.25, -0.2) is 0 Å². The van der Waals surface area contributed by atoms with Gasteiger partial charge in [0.15, 0.2) is 0 Å². The van der Waals surface area contributed by atoms with E-state index in [1.807, 2.05) is 0 Å². The summed E-state index contributed by atoms with van der Waals surface area (Å²) in [7, 11) is 0. The quantitative estimate of drug-likeness (QED) is 0.495. The molecule has 0 saturated heterocycles. The summed E-state index contributed by atoms with van der Waals surface area (Å²) in [6, 6.07) is 0. The Hall–Kier alpha value is -0.790. The van der Waals surface area contributed by atoms with E-state index in [9.17, 15) is 4.79 Å². The fourth-order valence-corrected chi connectivity index (χ4v) is 7.17. The highest BCUT2D eigenvalue weighted by atomic mass is 16.5. The van der Waals surface area contributed by atoms with Crippen molar-refractivity contribution >= 4 is 5.97 Å². The highest BCUT2D eigenvalue weighted by molar-refractivity contribution is 5.66. The van der Waals surface area contributed by atoms with Gasteiger partial charge in [0.1, 0.15) is 6.10 Å². The molecule has 0 heterocycles. The lowest BCUT2D eigenvalue weighted by Gasteiger charge is -2.59. The fourth-order valence-electron chi connectivity index (χ4n) is 7.17. The second-order valence-corrected chi connectivity index (χ2v) is 9.25. The Bertz CT molecular complexity index is 524. The Balaban J connectivity index is 1.60. The summed E-state index contributed by atoms with van der Waals surface area (Å²) >= 11 is 0. The number of fused-ring (bicyclic) bond motifs is 5. The van der Waals surface area contributed by atoms with Crippen molar-refractivity contribution in [1.82, 2.24) is 0 Å². The van der Waals surface area contributed by atoms with E-state index in [2.05, 4.69) is 26.0 Å². The van der Waals surface area contributed by atoms with Crippen LogP contribution >= 0.6 is 0 Å². The van der Waals surface area contributed by atoms with Gasteiger partial charge in [0.05, 0.1) is 0 Å². The molecule has 2 nitrogen and oxygen atoms in total. The van der Waals surface area contributed by atoms with E-state index in [1.54, 1.807) is 6.92 Å². The van der Waals surface area contributed by atoms with Gasteiger partial charge in [-0.15, -0.1) is 0 Å². The van der Waals surface area contributed by atoms with E-state index in [4.69, 9.17) is 4.74 Å². The van der Waals surface area contributed by atoms with E-state index < -0.39 is 0 Å². The van der Waals surface area contributed by atoms with Crippen LogP contribution in [0.5, 0.6) is 0 Å². The summed E-state index contributed by atoms with van der Waals surface area (Å²) in [6.45, 7) is 6.58. The van der Waals surface area contributed by atoms with Crippen LogP contribution in [0.4, 0.5) is 0 Å². The van der Waals surface area contributed by atoms with E-state index >= 15 is 0 Å². The molecule has 0 aromatic rings. The highest BCUT2D eigenvalue weighted by Gasteiger charge is 2.60. The summed E-state index contributed by atoms with van der Waals surface area (Å²) in [5.41, 5.74) is 0.763. The van der Waals surface area contributed by atoms with Crippen LogP contribution in [0.25, 0.3) is 0 Å². The SMILES string of the molecule is CC(=O)O[C@H]1CC[C@H]2[C@@H]3CC[C@H]4C=CCC[C@]4(C)[C@H]3CC[C@]12C. The molecule has 128 valence electrons. The summed E-state index contributed by atoms with van der Waals surface area (Å²) in [5, 5.41) is 0. The standard InChI is InChI=1S/C21H32O2/c1-14(22)23-19-10-9-17-16-8-7-15-6-4-5-12-20(15,2)18(16)11-13-21(17,19)3/h4,6,15-19H,5,7-13H2,1-3H3/t15-,16+,17+,18+,19+,20+,21+/m1/s1. The van der Waals surface area contributed by atoms with Crippen LogP contribution in [0.3, 0.4) is 0 Å². The Morgan fingerprint density at radius 1 is 1.00 bits per heavy atom. The molecule has 0 aromatic heterocycles. The number of hydrogen-bond donors (Lipinski definition) is 0. The number of carbonyl (C=O) groups is 1. The summed E-state index contributed by atoms with van der Waals surface area (Å²) in [6.07, 6.45) is 15.5. The van der Waals surface area contributed by atoms with Crippen LogP contribution in [0.1, 0.15) is 72.1 Å². The monoisotopic (exact) mass is 316 g/mol. The van der Waals surface area contributed by atoms with Crippen molar-refractivity contribution in [2.24, 2.45) is 34.5 Å². The van der Waals surface area contributed by atoms with Gasteiger partial charge >= 0.3 is 5.97 Å². The van der Waals surface area contributed by atoms with Crippen molar-refractivity contribution in [3.63, 3.8) is 0 Å². The average Bonchev–Trinajstić information content (AvgIpc) is 2.83. The van der Waals surface area contributed by atoms with E-state index in [-0.39, 0.29) is 17.5 Å². The van der Waals surface area contributed by atoms with Gasteiger partial charge in [0.2, 0.25) is 0 Å². The van der Waals surface area contributed by atoms with Gasteiger partial charge in [0, 0.05) is 12.3 Å². The maximum absolute atomic E-state index is 11.5. The van der Waals surface area contributed by atoms with Gasteiger partial charge in [-0.1, -0.05) is 26.0 Å². The Kier molecular flexibility index (Phi) is 3.66. The Morgan fingerprint density at radius 2 is 1.78 bits per heavy atom. The molecule has 23 heavy (non-hydrogen) atoms. The van der Waals surface area contributed by atoms with Crippen LogP contribution < -0.4 is 0 Å². The van der Waals surface area contributed by atoms with Gasteiger partial charge in [-0.2, -0.15) is 0 Å². The molecule has 0 aliphatic heterocycles. The zero-order valence-corrected chi connectivity index (χ0v) is 15.0. The maximum atomic E-state index is 11.5. The lowest BCUT2D eigenvalue weighted by Crippen LogP contribution is -2.53. The zero-order chi connectivity index (χ0) is 16.2. The second kappa shape index (κ2) is 5.36. The summed E-state index contributed by atoms with van der Waals surface area (Å²) in [5.74, 6) is 3.25. The van der Waals surface area contributed by atoms with Crippen LogP contribution in [0, 0.1) is 34.5 Å². The molecular weight excluding hydrogens is 284 g/mol. The topological polar surface area (TPSA) is 26.3 Å². The minimum absolute atomic E-state index is 0.0907. The normalized spacial score (nSPS) is 51.5. The smallest absolute Gasteiger partial charge is 0.302 e. The van der Waals surface area contributed by atoms with Crippen molar-refractivity contribution in [3.8, 4) is 0 Å². The Morgan fingerprint density at radius 3 is 2.57 bits per heavy atom. The minimum atomic E-state index is -0.0907.